The quantitative estimate of drug-likeness (QED) is 0.239. The molecule has 1 heterocycles. The van der Waals surface area contributed by atoms with Crippen molar-refractivity contribution in [2.45, 2.75) is 6.42 Å². The van der Waals surface area contributed by atoms with E-state index in [4.69, 9.17) is 17.0 Å². The van der Waals surface area contributed by atoms with Crippen molar-refractivity contribution in [2.75, 3.05) is 17.7 Å². The first-order chi connectivity index (χ1) is 14.4. The minimum atomic E-state index is -0.943. The molecule has 0 saturated heterocycles. The van der Waals surface area contributed by atoms with Gasteiger partial charge in [-0.1, -0.05) is 30.3 Å². The molecular formula is C20H16FN3O4S2. The van der Waals surface area contributed by atoms with Gasteiger partial charge in [-0.25, -0.2) is 4.79 Å². The highest BCUT2D eigenvalue weighted by Crippen LogP contribution is 2.31. The summed E-state index contributed by atoms with van der Waals surface area (Å²) >= 11 is 6.59. The zero-order chi connectivity index (χ0) is 21.7. The minimum absolute atomic E-state index is 0.0918. The number of thiocarbonyl (C=S) groups is 1. The van der Waals surface area contributed by atoms with Crippen LogP contribution in [0.15, 0.2) is 54.6 Å². The fraction of sp³-hybridized carbons (Fsp3) is 0.100. The largest absolute Gasteiger partial charge is 0.465 e. The molecule has 0 saturated carbocycles. The SMILES string of the molecule is COC(=O)c1cc(Cc2ccccc2)sc1NC(=S)Nc1ccc(F)c([N+](=O)[O-])c1. The van der Waals surface area contributed by atoms with Crippen molar-refractivity contribution in [3.8, 4) is 0 Å². The van der Waals surface area contributed by atoms with Gasteiger partial charge in [0.25, 0.3) is 0 Å². The molecule has 0 bridgehead atoms. The number of hydrogen-bond donors (Lipinski definition) is 2. The third-order valence-corrected chi connectivity index (χ3v) is 5.29. The van der Waals surface area contributed by atoms with Crippen molar-refractivity contribution in [1.82, 2.24) is 0 Å². The van der Waals surface area contributed by atoms with Gasteiger partial charge in [0.15, 0.2) is 5.11 Å². The molecule has 0 radical (unpaired) electrons. The van der Waals surface area contributed by atoms with Crippen LogP contribution in [0.25, 0.3) is 0 Å². The lowest BCUT2D eigenvalue weighted by Gasteiger charge is -2.10. The summed E-state index contributed by atoms with van der Waals surface area (Å²) in [7, 11) is 1.29. The summed E-state index contributed by atoms with van der Waals surface area (Å²) in [6.45, 7) is 0. The fourth-order valence-electron chi connectivity index (χ4n) is 2.68. The lowest BCUT2D eigenvalue weighted by molar-refractivity contribution is -0.387. The number of nitro benzene ring substituents is 1. The van der Waals surface area contributed by atoms with Crippen LogP contribution >= 0.6 is 23.6 Å². The van der Waals surface area contributed by atoms with Crippen molar-refractivity contribution in [3.63, 3.8) is 0 Å². The fourth-order valence-corrected chi connectivity index (χ4v) is 4.04. The van der Waals surface area contributed by atoms with Gasteiger partial charge in [0.05, 0.1) is 17.6 Å². The summed E-state index contributed by atoms with van der Waals surface area (Å²) in [5.74, 6) is -1.46. The predicted octanol–water partition coefficient (Wildman–Crippen LogP) is 4.98. The Balaban J connectivity index is 1.79. The molecule has 2 N–H and O–H groups in total. The molecular weight excluding hydrogens is 429 g/mol. The van der Waals surface area contributed by atoms with Crippen LogP contribution in [0.4, 0.5) is 20.8 Å². The van der Waals surface area contributed by atoms with E-state index in [1.807, 2.05) is 30.3 Å². The first-order valence-corrected chi connectivity index (χ1v) is 9.86. The molecule has 7 nitrogen and oxygen atoms in total. The van der Waals surface area contributed by atoms with Crippen LogP contribution in [-0.2, 0) is 11.2 Å². The average molecular weight is 445 g/mol. The van der Waals surface area contributed by atoms with Gasteiger partial charge in [0, 0.05) is 23.1 Å². The van der Waals surface area contributed by atoms with Crippen LogP contribution in [0.1, 0.15) is 20.8 Å². The predicted molar refractivity (Wildman–Crippen MR) is 118 cm³/mol. The summed E-state index contributed by atoms with van der Waals surface area (Å²) in [5.41, 5.74) is 0.976. The lowest BCUT2D eigenvalue weighted by atomic mass is 10.1. The third kappa shape index (κ3) is 5.16. The molecule has 0 fully saturated rings. The van der Waals surface area contributed by atoms with E-state index in [0.29, 0.717) is 17.0 Å². The minimum Gasteiger partial charge on any atom is -0.465 e. The Labute approximate surface area is 180 Å². The molecule has 10 heteroatoms. The van der Waals surface area contributed by atoms with Gasteiger partial charge in [-0.2, -0.15) is 4.39 Å². The summed E-state index contributed by atoms with van der Waals surface area (Å²) < 4.78 is 18.3. The highest BCUT2D eigenvalue weighted by molar-refractivity contribution is 7.80. The van der Waals surface area contributed by atoms with Crippen molar-refractivity contribution in [2.24, 2.45) is 0 Å². The van der Waals surface area contributed by atoms with E-state index < -0.39 is 22.4 Å². The van der Waals surface area contributed by atoms with Gasteiger partial charge >= 0.3 is 11.7 Å². The smallest absolute Gasteiger partial charge is 0.340 e. The van der Waals surface area contributed by atoms with Gasteiger partial charge in [-0.3, -0.25) is 10.1 Å². The number of rotatable bonds is 6. The Bertz CT molecular complexity index is 1100. The van der Waals surface area contributed by atoms with Gasteiger partial charge in [-0.05, 0) is 36.0 Å². The number of methoxy groups -OCH3 is 1. The second kappa shape index (κ2) is 9.42. The first kappa shape index (κ1) is 21.3. The monoisotopic (exact) mass is 445 g/mol. The Morgan fingerprint density at radius 1 is 1.20 bits per heavy atom. The molecule has 0 spiro atoms. The number of benzene rings is 2. The van der Waals surface area contributed by atoms with Crippen LogP contribution < -0.4 is 10.6 Å². The van der Waals surface area contributed by atoms with E-state index in [-0.39, 0.29) is 10.8 Å². The Kier molecular flexibility index (Phi) is 6.70. The number of nitro groups is 1. The highest BCUT2D eigenvalue weighted by Gasteiger charge is 2.19. The van der Waals surface area contributed by atoms with Crippen LogP contribution in [0.2, 0.25) is 0 Å². The van der Waals surface area contributed by atoms with Gasteiger partial charge in [0.1, 0.15) is 5.00 Å². The van der Waals surface area contributed by atoms with E-state index in [9.17, 15) is 19.3 Å². The van der Waals surface area contributed by atoms with Crippen LogP contribution in [0.5, 0.6) is 0 Å². The number of nitrogens with zero attached hydrogens (tertiary/aromatic N) is 1. The van der Waals surface area contributed by atoms with Crippen LogP contribution in [0.3, 0.4) is 0 Å². The van der Waals surface area contributed by atoms with E-state index in [1.165, 1.54) is 24.5 Å². The number of ether oxygens (including phenoxy) is 1. The number of nitrogens with one attached hydrogen (secondary N) is 2. The van der Waals surface area contributed by atoms with Crippen LogP contribution in [-0.4, -0.2) is 23.1 Å². The second-order valence-electron chi connectivity index (χ2n) is 6.11. The number of carbonyl (C=O) groups excluding carboxylic acids is 1. The Morgan fingerprint density at radius 3 is 2.60 bits per heavy atom. The highest BCUT2D eigenvalue weighted by atomic mass is 32.1. The Morgan fingerprint density at radius 2 is 1.93 bits per heavy atom. The maximum Gasteiger partial charge on any atom is 0.340 e. The molecule has 3 aromatic rings. The molecule has 0 aliphatic rings. The maximum atomic E-state index is 13.5. The summed E-state index contributed by atoms with van der Waals surface area (Å²) in [6, 6.07) is 14.8. The van der Waals surface area contributed by atoms with Gasteiger partial charge < -0.3 is 15.4 Å². The van der Waals surface area contributed by atoms with Crippen molar-refractivity contribution >= 4 is 51.0 Å². The Hall–Kier alpha value is -3.37. The number of carbonyl (C=O) groups is 1. The van der Waals surface area contributed by atoms with Crippen molar-refractivity contribution in [1.29, 1.82) is 0 Å². The number of anilines is 2. The first-order valence-electron chi connectivity index (χ1n) is 8.64. The van der Waals surface area contributed by atoms with E-state index in [1.54, 1.807) is 6.07 Å². The average Bonchev–Trinajstić information content (AvgIpc) is 3.11. The normalized spacial score (nSPS) is 10.3. The standard InChI is InChI=1S/C20H16FN3O4S2/c1-28-19(25)15-11-14(9-12-5-3-2-4-6-12)30-18(15)23-20(29)22-13-7-8-16(21)17(10-13)24(26)27/h2-8,10-11H,9H2,1H3,(H2,22,23,29). The number of esters is 1. The van der Waals surface area contributed by atoms with E-state index in [0.717, 1.165) is 22.6 Å². The van der Waals surface area contributed by atoms with Gasteiger partial charge in [0.2, 0.25) is 5.82 Å². The molecule has 1 aromatic heterocycles. The second-order valence-corrected chi connectivity index (χ2v) is 7.66. The van der Waals surface area contributed by atoms with Crippen molar-refractivity contribution in [3.05, 3.63) is 86.5 Å². The maximum absolute atomic E-state index is 13.5. The molecule has 0 amide bonds. The number of halogens is 1. The topological polar surface area (TPSA) is 93.5 Å². The molecule has 2 aromatic carbocycles. The van der Waals surface area contributed by atoms with Crippen LogP contribution in [0, 0.1) is 15.9 Å². The number of thiophene rings is 1. The summed E-state index contributed by atoms with van der Waals surface area (Å²) in [6.07, 6.45) is 0.627. The molecule has 0 aliphatic heterocycles. The summed E-state index contributed by atoms with van der Waals surface area (Å²) in [4.78, 5) is 23.2. The van der Waals surface area contributed by atoms with Crippen molar-refractivity contribution < 1.29 is 18.8 Å². The molecule has 154 valence electrons. The number of hydrogen-bond acceptors (Lipinski definition) is 6. The molecule has 0 atom stereocenters. The molecule has 30 heavy (non-hydrogen) atoms. The third-order valence-electron chi connectivity index (χ3n) is 4.04. The lowest BCUT2D eigenvalue weighted by Crippen LogP contribution is -2.20. The van der Waals surface area contributed by atoms with E-state index in [2.05, 4.69) is 10.6 Å². The van der Waals surface area contributed by atoms with E-state index >= 15 is 0 Å². The zero-order valence-electron chi connectivity index (χ0n) is 15.7. The molecule has 0 aliphatic carbocycles. The molecule has 0 unspecified atom stereocenters. The zero-order valence-corrected chi connectivity index (χ0v) is 17.3. The summed E-state index contributed by atoms with van der Waals surface area (Å²) in [5, 5.41) is 17.1. The van der Waals surface area contributed by atoms with Gasteiger partial charge in [-0.15, -0.1) is 11.3 Å². The molecule has 3 rings (SSSR count).